The van der Waals surface area contributed by atoms with Gasteiger partial charge in [0.1, 0.15) is 0 Å². The van der Waals surface area contributed by atoms with Crippen molar-refractivity contribution in [2.24, 2.45) is 0 Å². The van der Waals surface area contributed by atoms with Gasteiger partial charge in [0.25, 0.3) is 0 Å². The van der Waals surface area contributed by atoms with Gasteiger partial charge in [-0.25, -0.2) is 0 Å². The third-order valence-electron chi connectivity index (χ3n) is 6.19. The van der Waals surface area contributed by atoms with Gasteiger partial charge in [0.05, 0.1) is 24.4 Å². The number of hydrogen-bond acceptors (Lipinski definition) is 3. The molecule has 0 saturated heterocycles. The zero-order chi connectivity index (χ0) is 16.4. The molecule has 2 fully saturated rings. The summed E-state index contributed by atoms with van der Waals surface area (Å²) >= 11 is 0. The van der Waals surface area contributed by atoms with Gasteiger partial charge in [0, 0.05) is 13.1 Å². The Hall–Kier alpha value is -0.120. The summed E-state index contributed by atoms with van der Waals surface area (Å²) in [5.74, 6) is 0. The molecule has 0 bridgehead atoms. The quantitative estimate of drug-likeness (QED) is 0.583. The molecule has 2 aliphatic rings. The fourth-order valence-electron chi connectivity index (χ4n) is 4.40. The van der Waals surface area contributed by atoms with E-state index >= 15 is 0 Å². The maximum absolute atomic E-state index is 6.25. The number of rotatable bonds is 10. The summed E-state index contributed by atoms with van der Waals surface area (Å²) in [6, 6.07) is 0. The molecule has 1 N–H and O–H groups in total. The Morgan fingerprint density at radius 1 is 0.652 bits per heavy atom. The molecule has 2 saturated carbocycles. The molecular formula is C20H39NO2. The summed E-state index contributed by atoms with van der Waals surface area (Å²) < 4.78 is 12.5. The minimum absolute atomic E-state index is 0.185. The van der Waals surface area contributed by atoms with Gasteiger partial charge < -0.3 is 14.8 Å². The van der Waals surface area contributed by atoms with E-state index in [4.69, 9.17) is 9.47 Å². The second-order valence-electron chi connectivity index (χ2n) is 7.64. The minimum Gasteiger partial charge on any atom is -0.374 e. The first kappa shape index (κ1) is 19.2. The van der Waals surface area contributed by atoms with Crippen molar-refractivity contribution >= 4 is 0 Å². The van der Waals surface area contributed by atoms with E-state index in [1.54, 1.807) is 0 Å². The van der Waals surface area contributed by atoms with Crippen LogP contribution < -0.4 is 5.32 Å². The predicted octanol–water partition coefficient (Wildman–Crippen LogP) is 4.84. The summed E-state index contributed by atoms with van der Waals surface area (Å²) in [4.78, 5) is 0. The molecule has 0 spiro atoms. The second-order valence-corrected chi connectivity index (χ2v) is 7.64. The highest BCUT2D eigenvalue weighted by molar-refractivity contribution is 4.84. The molecule has 0 unspecified atom stereocenters. The van der Waals surface area contributed by atoms with Gasteiger partial charge in [-0.1, -0.05) is 52.4 Å². The third-order valence-corrected chi connectivity index (χ3v) is 6.19. The van der Waals surface area contributed by atoms with E-state index in [2.05, 4.69) is 19.2 Å². The van der Waals surface area contributed by atoms with Crippen LogP contribution in [0.3, 0.4) is 0 Å². The molecule has 0 heterocycles. The monoisotopic (exact) mass is 325 g/mol. The molecule has 23 heavy (non-hydrogen) atoms. The van der Waals surface area contributed by atoms with Crippen molar-refractivity contribution in [3.8, 4) is 0 Å². The Morgan fingerprint density at radius 2 is 1.04 bits per heavy atom. The first-order chi connectivity index (χ1) is 11.2. The molecule has 0 aliphatic heterocycles. The smallest absolute Gasteiger partial charge is 0.0680 e. The standard InChI is InChI=1S/C20H39NO2/c1-3-19(11-7-5-8-12-19)22-17-15-21-16-18-23-20(4-2)13-9-6-10-14-20/h21H,3-18H2,1-2H3. The third kappa shape index (κ3) is 6.03. The van der Waals surface area contributed by atoms with Gasteiger partial charge in [0.2, 0.25) is 0 Å². The largest absolute Gasteiger partial charge is 0.374 e. The van der Waals surface area contributed by atoms with E-state index in [1.807, 2.05) is 0 Å². The Bertz CT molecular complexity index is 277. The first-order valence-corrected chi connectivity index (χ1v) is 10.2. The normalized spacial score (nSPS) is 23.7. The molecule has 2 rings (SSSR count). The van der Waals surface area contributed by atoms with Crippen LogP contribution in [0, 0.1) is 0 Å². The van der Waals surface area contributed by atoms with Crippen molar-refractivity contribution < 1.29 is 9.47 Å². The van der Waals surface area contributed by atoms with Gasteiger partial charge in [-0.15, -0.1) is 0 Å². The van der Waals surface area contributed by atoms with E-state index in [0.717, 1.165) is 39.1 Å². The molecule has 136 valence electrons. The fourth-order valence-corrected chi connectivity index (χ4v) is 4.40. The summed E-state index contributed by atoms with van der Waals surface area (Å²) in [7, 11) is 0. The van der Waals surface area contributed by atoms with Crippen LogP contribution >= 0.6 is 0 Å². The van der Waals surface area contributed by atoms with Crippen LogP contribution in [-0.2, 0) is 9.47 Å². The van der Waals surface area contributed by atoms with Crippen molar-refractivity contribution in [3.05, 3.63) is 0 Å². The minimum atomic E-state index is 0.185. The number of hydrogen-bond donors (Lipinski definition) is 1. The van der Waals surface area contributed by atoms with Gasteiger partial charge >= 0.3 is 0 Å². The molecule has 0 aromatic rings. The average molecular weight is 326 g/mol. The van der Waals surface area contributed by atoms with E-state index in [0.29, 0.717) is 0 Å². The molecule has 0 atom stereocenters. The van der Waals surface area contributed by atoms with Crippen molar-refractivity contribution in [1.29, 1.82) is 0 Å². The van der Waals surface area contributed by atoms with Crippen LogP contribution in [-0.4, -0.2) is 37.5 Å². The summed E-state index contributed by atoms with van der Waals surface area (Å²) in [5.41, 5.74) is 0.371. The van der Waals surface area contributed by atoms with Crippen molar-refractivity contribution in [2.45, 2.75) is 102 Å². The van der Waals surface area contributed by atoms with Crippen molar-refractivity contribution in [2.75, 3.05) is 26.3 Å². The van der Waals surface area contributed by atoms with Crippen molar-refractivity contribution in [1.82, 2.24) is 5.32 Å². The maximum Gasteiger partial charge on any atom is 0.0680 e. The maximum atomic E-state index is 6.25. The van der Waals surface area contributed by atoms with Gasteiger partial charge in [0.15, 0.2) is 0 Å². The number of ether oxygens (including phenoxy) is 2. The molecule has 0 amide bonds. The van der Waals surface area contributed by atoms with Gasteiger partial charge in [-0.3, -0.25) is 0 Å². The highest BCUT2D eigenvalue weighted by Crippen LogP contribution is 2.35. The van der Waals surface area contributed by atoms with Crippen LogP contribution in [0.25, 0.3) is 0 Å². The lowest BCUT2D eigenvalue weighted by Gasteiger charge is -2.37. The molecule has 0 aromatic heterocycles. The summed E-state index contributed by atoms with van der Waals surface area (Å²) in [6.45, 7) is 8.13. The molecule has 3 nitrogen and oxygen atoms in total. The lowest BCUT2D eigenvalue weighted by molar-refractivity contribution is -0.0768. The molecule has 3 heteroatoms. The van der Waals surface area contributed by atoms with Crippen LogP contribution in [0.4, 0.5) is 0 Å². The summed E-state index contributed by atoms with van der Waals surface area (Å²) in [6.07, 6.45) is 15.5. The van der Waals surface area contributed by atoms with Crippen LogP contribution in [0.15, 0.2) is 0 Å². The van der Waals surface area contributed by atoms with Crippen LogP contribution in [0.2, 0.25) is 0 Å². The first-order valence-electron chi connectivity index (χ1n) is 10.2. The van der Waals surface area contributed by atoms with Gasteiger partial charge in [-0.2, -0.15) is 0 Å². The van der Waals surface area contributed by atoms with Crippen LogP contribution in [0.5, 0.6) is 0 Å². The van der Waals surface area contributed by atoms with E-state index in [9.17, 15) is 0 Å². The Labute approximate surface area is 143 Å². The Kier molecular flexibility index (Phi) is 8.35. The predicted molar refractivity (Wildman–Crippen MR) is 97.0 cm³/mol. The molecule has 0 aromatic carbocycles. The second kappa shape index (κ2) is 10.0. The molecular weight excluding hydrogens is 286 g/mol. The molecule has 2 aliphatic carbocycles. The zero-order valence-electron chi connectivity index (χ0n) is 15.6. The van der Waals surface area contributed by atoms with Gasteiger partial charge in [-0.05, 0) is 38.5 Å². The van der Waals surface area contributed by atoms with Crippen LogP contribution in [0.1, 0.15) is 90.9 Å². The Morgan fingerprint density at radius 3 is 1.39 bits per heavy atom. The number of nitrogens with one attached hydrogen (secondary N) is 1. The zero-order valence-corrected chi connectivity index (χ0v) is 15.6. The lowest BCUT2D eigenvalue weighted by Crippen LogP contribution is -2.38. The van der Waals surface area contributed by atoms with E-state index in [1.165, 1.54) is 64.2 Å². The van der Waals surface area contributed by atoms with E-state index in [-0.39, 0.29) is 11.2 Å². The summed E-state index contributed by atoms with van der Waals surface area (Å²) in [5, 5.41) is 3.50. The SMILES string of the molecule is CCC1(OCCNCCOC2(CC)CCCCC2)CCCCC1. The van der Waals surface area contributed by atoms with Crippen molar-refractivity contribution in [3.63, 3.8) is 0 Å². The fraction of sp³-hybridized carbons (Fsp3) is 1.00. The average Bonchev–Trinajstić information content (AvgIpc) is 2.62. The lowest BCUT2D eigenvalue weighted by atomic mass is 9.83. The highest BCUT2D eigenvalue weighted by Gasteiger charge is 2.31. The Balaban J connectivity index is 1.53. The highest BCUT2D eigenvalue weighted by atomic mass is 16.5. The topological polar surface area (TPSA) is 30.5 Å². The van der Waals surface area contributed by atoms with E-state index < -0.39 is 0 Å². The molecule has 0 radical (unpaired) electrons.